The van der Waals surface area contributed by atoms with Crippen LogP contribution in [-0.4, -0.2) is 118 Å². The lowest BCUT2D eigenvalue weighted by atomic mass is 10.0. The maximum Gasteiger partial charge on any atom is 0.326 e. The summed E-state index contributed by atoms with van der Waals surface area (Å²) in [5, 5.41) is 25.0. The second-order valence-electron chi connectivity index (χ2n) is 16.1. The lowest BCUT2D eigenvalue weighted by molar-refractivity contribution is -0.142. The maximum atomic E-state index is 14.7. The van der Waals surface area contributed by atoms with Crippen molar-refractivity contribution in [1.29, 1.82) is 0 Å². The van der Waals surface area contributed by atoms with E-state index < -0.39 is 71.8 Å². The number of carbonyl (C=O) groups is 6. The molecular formula is C46H60N14O7S. The third kappa shape index (κ3) is 15.2. The lowest BCUT2D eigenvalue weighted by Crippen LogP contribution is -2.60. The van der Waals surface area contributed by atoms with Crippen molar-refractivity contribution in [2.75, 3.05) is 18.8 Å². The van der Waals surface area contributed by atoms with Gasteiger partial charge in [0.05, 0.1) is 6.04 Å². The number of carbonyl (C=O) groups excluding carboxylic acids is 5. The van der Waals surface area contributed by atoms with E-state index in [4.69, 9.17) is 28.7 Å². The number of hydrogen-bond donors (Lipinski definition) is 14. The number of aromatic nitrogens is 2. The molecule has 0 saturated carbocycles. The number of rotatable bonds is 26. The van der Waals surface area contributed by atoms with Gasteiger partial charge >= 0.3 is 5.97 Å². The second-order valence-corrected chi connectivity index (χ2v) is 16.5. The van der Waals surface area contributed by atoms with Crippen molar-refractivity contribution < 1.29 is 33.9 Å². The van der Waals surface area contributed by atoms with E-state index >= 15 is 0 Å². The number of benzene rings is 3. The number of nitrogens with one attached hydrogen (secondary N) is 7. The van der Waals surface area contributed by atoms with Crippen LogP contribution in [0.5, 0.6) is 0 Å². The molecule has 0 radical (unpaired) electrons. The highest BCUT2D eigenvalue weighted by Gasteiger charge is 2.34. The molecule has 5 aromatic rings. The van der Waals surface area contributed by atoms with Gasteiger partial charge in [0.15, 0.2) is 11.9 Å². The Morgan fingerprint density at radius 3 is 1.47 bits per heavy atom. The zero-order chi connectivity index (χ0) is 49.2. The zero-order valence-electron chi connectivity index (χ0n) is 37.3. The fourth-order valence-corrected chi connectivity index (χ4v) is 7.75. The number of carboxylic acid groups (broad SMARTS) is 1. The van der Waals surface area contributed by atoms with Crippen LogP contribution in [-0.2, 0) is 48.0 Å². The van der Waals surface area contributed by atoms with Gasteiger partial charge in [0, 0.05) is 72.3 Å². The highest BCUT2D eigenvalue weighted by molar-refractivity contribution is 7.80. The molecule has 22 heteroatoms. The summed E-state index contributed by atoms with van der Waals surface area (Å²) in [5.41, 5.74) is 31.6. The van der Waals surface area contributed by atoms with E-state index in [0.29, 0.717) is 23.1 Å². The highest BCUT2D eigenvalue weighted by Crippen LogP contribution is 2.21. The SMILES string of the molecule is NC(N)=NCCC[C@H](NC(=O)[C@@H](N)CCCN=C(N)N)C(=O)N[C@@H](Cc1c[nH]c2ccccc12)C(=O)N[C@@H](Cc1c[nH]c2ccccc12)C(=O)N[C@@H](CS)C(=O)N[C@@H](Cc1ccccc1)C(=O)O. The number of aliphatic imine (C=N–C) groups is 2. The molecule has 2 aromatic heterocycles. The Morgan fingerprint density at radius 1 is 0.544 bits per heavy atom. The Kier molecular flexibility index (Phi) is 19.2. The summed E-state index contributed by atoms with van der Waals surface area (Å²) >= 11 is 4.31. The predicted octanol–water partition coefficient (Wildman–Crippen LogP) is -0.450. The van der Waals surface area contributed by atoms with Crippen LogP contribution in [0, 0.1) is 0 Å². The van der Waals surface area contributed by atoms with Gasteiger partial charge in [0.1, 0.15) is 30.2 Å². The van der Waals surface area contributed by atoms with Crippen molar-refractivity contribution in [3.63, 3.8) is 0 Å². The van der Waals surface area contributed by atoms with Crippen LogP contribution in [0.1, 0.15) is 42.4 Å². The van der Waals surface area contributed by atoms with Crippen LogP contribution in [0.25, 0.3) is 21.8 Å². The van der Waals surface area contributed by atoms with E-state index in [1.165, 1.54) is 0 Å². The Labute approximate surface area is 397 Å². The number of nitrogens with two attached hydrogens (primary N) is 5. The van der Waals surface area contributed by atoms with E-state index in [2.05, 4.69) is 59.2 Å². The molecule has 0 saturated heterocycles. The molecule has 18 N–H and O–H groups in total. The van der Waals surface area contributed by atoms with E-state index in [1.54, 1.807) is 42.7 Å². The summed E-state index contributed by atoms with van der Waals surface area (Å²) in [6.07, 6.45) is 4.12. The third-order valence-corrected chi connectivity index (χ3v) is 11.4. The molecule has 0 spiro atoms. The molecule has 2 heterocycles. The number of para-hydroxylation sites is 2. The van der Waals surface area contributed by atoms with Crippen molar-refractivity contribution in [2.45, 2.75) is 81.2 Å². The van der Waals surface area contributed by atoms with Crippen LogP contribution in [0.3, 0.4) is 0 Å². The molecule has 5 amide bonds. The molecule has 0 aliphatic rings. The first-order chi connectivity index (χ1) is 32.6. The van der Waals surface area contributed by atoms with Gasteiger partial charge in [-0.15, -0.1) is 0 Å². The monoisotopic (exact) mass is 952 g/mol. The normalized spacial score (nSPS) is 13.7. The molecule has 0 aliphatic heterocycles. The Balaban J connectivity index is 1.43. The molecule has 6 atom stereocenters. The van der Waals surface area contributed by atoms with E-state index in [9.17, 15) is 33.9 Å². The van der Waals surface area contributed by atoms with Gasteiger partial charge in [-0.3, -0.25) is 34.0 Å². The number of hydrogen-bond acceptors (Lipinski definition) is 10. The molecule has 362 valence electrons. The van der Waals surface area contributed by atoms with Crippen molar-refractivity contribution in [3.05, 3.63) is 108 Å². The van der Waals surface area contributed by atoms with E-state index in [-0.39, 0.29) is 69.3 Å². The number of thiol groups is 1. The molecule has 0 unspecified atom stereocenters. The van der Waals surface area contributed by atoms with Crippen LogP contribution >= 0.6 is 12.6 Å². The van der Waals surface area contributed by atoms with Gasteiger partial charge in [0.25, 0.3) is 0 Å². The van der Waals surface area contributed by atoms with Crippen molar-refractivity contribution in [1.82, 2.24) is 36.6 Å². The predicted molar refractivity (Wildman–Crippen MR) is 263 cm³/mol. The van der Waals surface area contributed by atoms with Gasteiger partial charge in [-0.1, -0.05) is 66.7 Å². The summed E-state index contributed by atoms with van der Waals surface area (Å²) < 4.78 is 0. The smallest absolute Gasteiger partial charge is 0.326 e. The van der Waals surface area contributed by atoms with Crippen molar-refractivity contribution in [2.24, 2.45) is 38.7 Å². The topological polar surface area (TPSA) is 369 Å². The Hall–Kier alpha value is -7.59. The van der Waals surface area contributed by atoms with Crippen LogP contribution in [0.15, 0.2) is 101 Å². The lowest BCUT2D eigenvalue weighted by Gasteiger charge is -2.27. The summed E-state index contributed by atoms with van der Waals surface area (Å²) in [6, 6.07) is 15.9. The Bertz CT molecular complexity index is 2570. The first kappa shape index (κ1) is 51.4. The number of amides is 5. The van der Waals surface area contributed by atoms with Crippen LogP contribution < -0.4 is 55.3 Å². The summed E-state index contributed by atoms with van der Waals surface area (Å²) in [5.74, 6) is -5.50. The largest absolute Gasteiger partial charge is 0.480 e. The number of nitrogens with zero attached hydrogens (tertiary/aromatic N) is 2. The van der Waals surface area contributed by atoms with Gasteiger partial charge in [-0.2, -0.15) is 12.6 Å². The molecule has 0 fully saturated rings. The fourth-order valence-electron chi connectivity index (χ4n) is 7.49. The summed E-state index contributed by atoms with van der Waals surface area (Å²) in [4.78, 5) is 97.0. The number of aliphatic carboxylic acids is 1. The first-order valence-electron chi connectivity index (χ1n) is 22.0. The molecule has 3 aromatic carbocycles. The van der Waals surface area contributed by atoms with Gasteiger partial charge < -0.3 is 70.3 Å². The molecule has 5 rings (SSSR count). The summed E-state index contributed by atoms with van der Waals surface area (Å²) in [7, 11) is 0. The third-order valence-electron chi connectivity index (χ3n) is 11.1. The molecule has 68 heavy (non-hydrogen) atoms. The number of carboxylic acids is 1. The van der Waals surface area contributed by atoms with Gasteiger partial charge in [-0.25, -0.2) is 4.79 Å². The second kappa shape index (κ2) is 25.4. The minimum atomic E-state index is -1.36. The van der Waals surface area contributed by atoms with Crippen LogP contribution in [0.4, 0.5) is 0 Å². The minimum Gasteiger partial charge on any atom is -0.480 e. The average molecular weight is 953 g/mol. The first-order valence-corrected chi connectivity index (χ1v) is 22.6. The molecule has 0 bridgehead atoms. The molecule has 0 aliphatic carbocycles. The fraction of sp³-hybridized carbons (Fsp3) is 0.348. The summed E-state index contributed by atoms with van der Waals surface area (Å²) in [6.45, 7) is 0.365. The quantitative estimate of drug-likeness (QED) is 0.0145. The number of fused-ring (bicyclic) bond motifs is 2. The average Bonchev–Trinajstić information content (AvgIpc) is 3.93. The maximum absolute atomic E-state index is 14.7. The van der Waals surface area contributed by atoms with E-state index in [1.807, 2.05) is 48.5 Å². The number of aromatic amines is 2. The van der Waals surface area contributed by atoms with Gasteiger partial charge in [0.2, 0.25) is 29.5 Å². The van der Waals surface area contributed by atoms with Gasteiger partial charge in [-0.05, 0) is 54.5 Å². The highest BCUT2D eigenvalue weighted by atomic mass is 32.1. The molecular weight excluding hydrogens is 893 g/mol. The van der Waals surface area contributed by atoms with E-state index in [0.717, 1.165) is 21.8 Å². The van der Waals surface area contributed by atoms with Crippen molar-refractivity contribution >= 4 is 81.9 Å². The van der Waals surface area contributed by atoms with Crippen LogP contribution in [0.2, 0.25) is 0 Å². The molecule has 21 nitrogen and oxygen atoms in total. The Morgan fingerprint density at radius 2 is 0.971 bits per heavy atom. The standard InChI is InChI=1S/C46H60N14O7S/c47-31(14-8-18-52-45(48)49)39(61)56-34(17-9-19-53-46(50)51)40(62)57-35(21-27-23-54-32-15-6-4-12-29(27)32)41(63)58-36(22-28-24-55-33-16-7-5-13-30(28)33)42(64)60-38(25-68)43(65)59-37(44(66)67)20-26-10-2-1-3-11-26/h1-7,10-13,15-16,23-24,31,34-38,54-55,68H,8-9,14,17-22,25,47H2,(H,56,61)(H,57,62)(H,58,63)(H,59,65)(H,60,64)(H,66,67)(H4,48,49,52)(H4,50,51,53)/t31-,34-,35-,36-,37-,38-/m0/s1. The van der Waals surface area contributed by atoms with Crippen molar-refractivity contribution in [3.8, 4) is 0 Å². The number of H-pyrrole nitrogens is 2. The zero-order valence-corrected chi connectivity index (χ0v) is 38.2. The number of guanidine groups is 2. The minimum absolute atomic E-state index is 0.0216.